The van der Waals surface area contributed by atoms with E-state index in [2.05, 4.69) is 25.6 Å². The van der Waals surface area contributed by atoms with Gasteiger partial charge in [0.25, 0.3) is 0 Å². The average Bonchev–Trinajstić information content (AvgIpc) is 3.13. The molecule has 0 aliphatic carbocycles. The monoisotopic (exact) mass is 409 g/mol. The van der Waals surface area contributed by atoms with Crippen molar-refractivity contribution in [2.75, 3.05) is 5.75 Å². The SMILES string of the molecule is O=C(CSn1nnnc1-c1ccc(OC(F)(F)F)cc1)NCc1ccccc1. The van der Waals surface area contributed by atoms with Crippen LogP contribution in [0.25, 0.3) is 11.4 Å². The van der Waals surface area contributed by atoms with Crippen LogP contribution < -0.4 is 10.1 Å². The largest absolute Gasteiger partial charge is 0.573 e. The summed E-state index contributed by atoms with van der Waals surface area (Å²) >= 11 is 1.06. The highest BCUT2D eigenvalue weighted by molar-refractivity contribution is 7.98. The first kappa shape index (κ1) is 19.7. The predicted molar refractivity (Wildman–Crippen MR) is 96.1 cm³/mol. The lowest BCUT2D eigenvalue weighted by atomic mass is 10.2. The van der Waals surface area contributed by atoms with E-state index in [4.69, 9.17) is 0 Å². The zero-order chi connectivity index (χ0) is 20.0. The van der Waals surface area contributed by atoms with Crippen molar-refractivity contribution in [1.29, 1.82) is 0 Å². The second-order valence-electron chi connectivity index (χ2n) is 5.48. The summed E-state index contributed by atoms with van der Waals surface area (Å²) in [5.74, 6) is -0.174. The van der Waals surface area contributed by atoms with Crippen molar-refractivity contribution >= 4 is 17.9 Å². The molecule has 1 N–H and O–H groups in total. The Bertz CT molecular complexity index is 917. The summed E-state index contributed by atoms with van der Waals surface area (Å²) in [4.78, 5) is 12.0. The third-order valence-electron chi connectivity index (χ3n) is 3.44. The smallest absolute Gasteiger partial charge is 0.406 e. The van der Waals surface area contributed by atoms with Gasteiger partial charge >= 0.3 is 6.36 Å². The molecule has 1 amide bonds. The van der Waals surface area contributed by atoms with Crippen LogP contribution in [-0.4, -0.2) is 37.6 Å². The van der Waals surface area contributed by atoms with Gasteiger partial charge in [-0.1, -0.05) is 30.3 Å². The normalized spacial score (nSPS) is 11.2. The number of benzene rings is 2. The van der Waals surface area contributed by atoms with Gasteiger partial charge in [0.2, 0.25) is 5.91 Å². The van der Waals surface area contributed by atoms with E-state index in [1.807, 2.05) is 30.3 Å². The Morgan fingerprint density at radius 1 is 1.11 bits per heavy atom. The number of ether oxygens (including phenoxy) is 1. The Morgan fingerprint density at radius 2 is 1.82 bits per heavy atom. The van der Waals surface area contributed by atoms with E-state index >= 15 is 0 Å². The van der Waals surface area contributed by atoms with Crippen molar-refractivity contribution in [2.24, 2.45) is 0 Å². The van der Waals surface area contributed by atoms with Gasteiger partial charge in [0, 0.05) is 12.1 Å². The first-order valence-corrected chi connectivity index (χ1v) is 8.93. The number of hydrogen-bond donors (Lipinski definition) is 1. The summed E-state index contributed by atoms with van der Waals surface area (Å²) in [6.45, 7) is 0.406. The molecule has 3 rings (SSSR count). The second-order valence-corrected chi connectivity index (χ2v) is 6.38. The molecule has 0 spiro atoms. The zero-order valence-corrected chi connectivity index (χ0v) is 15.1. The number of halogens is 3. The molecular weight excluding hydrogens is 395 g/mol. The number of carbonyl (C=O) groups is 1. The number of nitrogens with zero attached hydrogens (tertiary/aromatic N) is 4. The first-order chi connectivity index (χ1) is 13.4. The molecule has 0 radical (unpaired) electrons. The van der Waals surface area contributed by atoms with Crippen molar-refractivity contribution < 1.29 is 22.7 Å². The average molecular weight is 409 g/mol. The first-order valence-electron chi connectivity index (χ1n) is 7.99. The zero-order valence-electron chi connectivity index (χ0n) is 14.3. The van der Waals surface area contributed by atoms with Crippen LogP contribution in [0.3, 0.4) is 0 Å². The lowest BCUT2D eigenvalue weighted by Crippen LogP contribution is -2.25. The maximum atomic E-state index is 12.2. The molecule has 28 heavy (non-hydrogen) atoms. The fourth-order valence-electron chi connectivity index (χ4n) is 2.21. The number of rotatable bonds is 7. The summed E-state index contributed by atoms with van der Waals surface area (Å²) in [6.07, 6.45) is -4.76. The van der Waals surface area contributed by atoms with E-state index in [1.165, 1.54) is 28.4 Å². The van der Waals surface area contributed by atoms with Crippen molar-refractivity contribution in [1.82, 2.24) is 24.9 Å². The van der Waals surface area contributed by atoms with Crippen LogP contribution in [0.1, 0.15) is 5.56 Å². The van der Waals surface area contributed by atoms with Crippen LogP contribution in [0, 0.1) is 0 Å². The van der Waals surface area contributed by atoms with E-state index in [9.17, 15) is 18.0 Å². The minimum atomic E-state index is -4.76. The fourth-order valence-corrected chi connectivity index (χ4v) is 2.90. The summed E-state index contributed by atoms with van der Waals surface area (Å²) in [5, 5.41) is 14.0. The van der Waals surface area contributed by atoms with Gasteiger partial charge in [0.15, 0.2) is 5.82 Å². The van der Waals surface area contributed by atoms with E-state index in [0.29, 0.717) is 17.9 Å². The van der Waals surface area contributed by atoms with Gasteiger partial charge in [-0.2, -0.15) is 4.09 Å². The van der Waals surface area contributed by atoms with Crippen LogP contribution in [0.2, 0.25) is 0 Å². The Morgan fingerprint density at radius 3 is 2.50 bits per heavy atom. The van der Waals surface area contributed by atoms with Crippen LogP contribution in [0.15, 0.2) is 54.6 Å². The van der Waals surface area contributed by atoms with E-state index in [0.717, 1.165) is 17.5 Å². The minimum absolute atomic E-state index is 0.0696. The Labute approximate surface area is 162 Å². The molecule has 0 aliphatic heterocycles. The summed E-state index contributed by atoms with van der Waals surface area (Å²) in [5.41, 5.74) is 1.46. The maximum Gasteiger partial charge on any atom is 0.573 e. The number of alkyl halides is 3. The van der Waals surface area contributed by atoms with Crippen molar-refractivity contribution in [3.8, 4) is 17.1 Å². The molecule has 3 aromatic rings. The van der Waals surface area contributed by atoms with Gasteiger partial charge in [-0.15, -0.1) is 18.3 Å². The van der Waals surface area contributed by atoms with Crippen LogP contribution in [-0.2, 0) is 11.3 Å². The molecule has 0 bridgehead atoms. The summed E-state index contributed by atoms with van der Waals surface area (Å²) in [6, 6.07) is 14.6. The maximum absolute atomic E-state index is 12.2. The molecule has 0 saturated heterocycles. The summed E-state index contributed by atoms with van der Waals surface area (Å²) in [7, 11) is 0. The molecule has 146 valence electrons. The summed E-state index contributed by atoms with van der Waals surface area (Å²) < 4.78 is 41.8. The van der Waals surface area contributed by atoms with Crippen LogP contribution in [0.5, 0.6) is 5.75 Å². The highest BCUT2D eigenvalue weighted by Crippen LogP contribution is 2.26. The third kappa shape index (κ3) is 5.71. The van der Waals surface area contributed by atoms with Crippen molar-refractivity contribution in [3.63, 3.8) is 0 Å². The van der Waals surface area contributed by atoms with E-state index < -0.39 is 6.36 Å². The van der Waals surface area contributed by atoms with Crippen LogP contribution >= 0.6 is 11.9 Å². The number of nitrogens with one attached hydrogen (secondary N) is 1. The molecule has 0 saturated carbocycles. The molecule has 0 aliphatic rings. The van der Waals surface area contributed by atoms with Gasteiger partial charge in [0.1, 0.15) is 5.75 Å². The highest BCUT2D eigenvalue weighted by Gasteiger charge is 2.31. The second kappa shape index (κ2) is 8.74. The van der Waals surface area contributed by atoms with Crippen molar-refractivity contribution in [2.45, 2.75) is 12.9 Å². The molecular formula is C17H14F3N5O2S. The fraction of sp³-hybridized carbons (Fsp3) is 0.176. The van der Waals surface area contributed by atoms with Crippen molar-refractivity contribution in [3.05, 3.63) is 60.2 Å². The number of tetrazole rings is 1. The Hall–Kier alpha value is -3.08. The van der Waals surface area contributed by atoms with E-state index in [1.54, 1.807) is 0 Å². The number of carbonyl (C=O) groups excluding carboxylic acids is 1. The lowest BCUT2D eigenvalue weighted by molar-refractivity contribution is -0.274. The number of hydrogen-bond acceptors (Lipinski definition) is 6. The topological polar surface area (TPSA) is 81.9 Å². The van der Waals surface area contributed by atoms with Gasteiger partial charge in [-0.05, 0) is 52.2 Å². The van der Waals surface area contributed by atoms with E-state index in [-0.39, 0.29) is 17.4 Å². The molecule has 11 heteroatoms. The highest BCUT2D eigenvalue weighted by atomic mass is 32.2. The van der Waals surface area contributed by atoms with Gasteiger partial charge < -0.3 is 10.1 Å². The quantitative estimate of drug-likeness (QED) is 0.646. The standard InChI is InChI=1S/C17H14F3N5O2S/c18-17(19,20)27-14-8-6-13(7-9-14)16-22-23-24-25(16)28-11-15(26)21-10-12-4-2-1-3-5-12/h1-9H,10-11H2,(H,21,26). The van der Waals surface area contributed by atoms with Gasteiger partial charge in [0.05, 0.1) is 5.75 Å². The lowest BCUT2D eigenvalue weighted by Gasteiger charge is -2.09. The molecule has 0 unspecified atom stereocenters. The number of amides is 1. The Balaban J connectivity index is 1.57. The minimum Gasteiger partial charge on any atom is -0.406 e. The molecule has 0 atom stereocenters. The van der Waals surface area contributed by atoms with Gasteiger partial charge in [-0.3, -0.25) is 4.79 Å². The van der Waals surface area contributed by atoms with Crippen LogP contribution in [0.4, 0.5) is 13.2 Å². The van der Waals surface area contributed by atoms with Gasteiger partial charge in [-0.25, -0.2) is 0 Å². The molecule has 1 heterocycles. The molecule has 7 nitrogen and oxygen atoms in total. The molecule has 1 aromatic heterocycles. The predicted octanol–water partition coefficient (Wildman–Crippen LogP) is 3.05. The molecule has 2 aromatic carbocycles. The Kier molecular flexibility index (Phi) is 6.14. The molecule has 0 fully saturated rings. The third-order valence-corrected chi connectivity index (χ3v) is 4.32. The number of aromatic nitrogens is 4.